The van der Waals surface area contributed by atoms with E-state index in [0.717, 1.165) is 24.8 Å². The third-order valence-electron chi connectivity index (χ3n) is 7.43. The molecule has 35 heavy (non-hydrogen) atoms. The molecule has 3 fully saturated rings. The normalized spacial score (nSPS) is 26.3. The summed E-state index contributed by atoms with van der Waals surface area (Å²) < 4.78 is 5.52. The zero-order valence-corrected chi connectivity index (χ0v) is 20.5. The molecular formula is C27H27ClN2O5. The summed E-state index contributed by atoms with van der Waals surface area (Å²) in [6, 6.07) is 11.8. The SMILES string of the molecule is Cc1ccc(N2C[C@H](C(=O)Oc3ccc(N4C(=O)[C@@H]5CC[C@H](C)C[C@H]5C4=O)cc3)CC2=O)cc1Cl. The predicted molar refractivity (Wildman–Crippen MR) is 131 cm³/mol. The molecule has 2 heterocycles. The van der Waals surface area contributed by atoms with Crippen molar-refractivity contribution in [2.75, 3.05) is 16.3 Å². The molecule has 0 radical (unpaired) electrons. The molecule has 0 unspecified atom stereocenters. The Labute approximate surface area is 209 Å². The van der Waals surface area contributed by atoms with Crippen molar-refractivity contribution in [2.24, 2.45) is 23.7 Å². The number of fused-ring (bicyclic) bond motifs is 1. The van der Waals surface area contributed by atoms with E-state index in [4.69, 9.17) is 16.3 Å². The van der Waals surface area contributed by atoms with Crippen LogP contribution in [0.3, 0.4) is 0 Å². The van der Waals surface area contributed by atoms with Gasteiger partial charge >= 0.3 is 5.97 Å². The van der Waals surface area contributed by atoms with Crippen molar-refractivity contribution in [3.63, 3.8) is 0 Å². The van der Waals surface area contributed by atoms with E-state index in [2.05, 4.69) is 6.92 Å². The molecule has 0 aromatic heterocycles. The van der Waals surface area contributed by atoms with Gasteiger partial charge in [-0.05, 0) is 74.1 Å². The van der Waals surface area contributed by atoms with Crippen molar-refractivity contribution < 1.29 is 23.9 Å². The van der Waals surface area contributed by atoms with E-state index in [1.165, 1.54) is 4.90 Å². The lowest BCUT2D eigenvalue weighted by atomic mass is 9.76. The summed E-state index contributed by atoms with van der Waals surface area (Å²) in [5.74, 6) is -1.28. The van der Waals surface area contributed by atoms with Gasteiger partial charge in [0.05, 0.1) is 23.4 Å². The van der Waals surface area contributed by atoms with Gasteiger partial charge in [0.1, 0.15) is 5.75 Å². The zero-order valence-electron chi connectivity index (χ0n) is 19.7. The number of hydrogen-bond donors (Lipinski definition) is 0. The highest BCUT2D eigenvalue weighted by atomic mass is 35.5. The molecule has 0 spiro atoms. The molecule has 2 aliphatic heterocycles. The van der Waals surface area contributed by atoms with Crippen LogP contribution < -0.4 is 14.5 Å². The second-order valence-electron chi connectivity index (χ2n) is 9.90. The first-order chi connectivity index (χ1) is 16.7. The van der Waals surface area contributed by atoms with Crippen LogP contribution in [0.2, 0.25) is 5.02 Å². The Kier molecular flexibility index (Phi) is 6.13. The van der Waals surface area contributed by atoms with Crippen molar-refractivity contribution in [3.05, 3.63) is 53.1 Å². The minimum absolute atomic E-state index is 0.0559. The molecule has 2 aromatic carbocycles. The van der Waals surface area contributed by atoms with Gasteiger partial charge in [0.2, 0.25) is 17.7 Å². The lowest BCUT2D eigenvalue weighted by molar-refractivity contribution is -0.139. The van der Waals surface area contributed by atoms with Gasteiger partial charge in [-0.3, -0.25) is 24.1 Å². The minimum Gasteiger partial charge on any atom is -0.426 e. The Bertz CT molecular complexity index is 1210. The van der Waals surface area contributed by atoms with E-state index >= 15 is 0 Å². The van der Waals surface area contributed by atoms with Gasteiger partial charge in [-0.2, -0.15) is 0 Å². The third kappa shape index (κ3) is 4.33. The number of ether oxygens (including phenoxy) is 1. The molecule has 182 valence electrons. The van der Waals surface area contributed by atoms with Crippen LogP contribution in [0, 0.1) is 30.6 Å². The van der Waals surface area contributed by atoms with Crippen LogP contribution in [0.5, 0.6) is 5.75 Å². The summed E-state index contributed by atoms with van der Waals surface area (Å²) >= 11 is 6.19. The Morgan fingerprint density at radius 3 is 2.37 bits per heavy atom. The van der Waals surface area contributed by atoms with Crippen LogP contribution in [0.1, 0.15) is 38.2 Å². The fourth-order valence-electron chi connectivity index (χ4n) is 5.37. The van der Waals surface area contributed by atoms with Gasteiger partial charge < -0.3 is 9.64 Å². The quantitative estimate of drug-likeness (QED) is 0.354. The molecule has 5 rings (SSSR count). The number of rotatable bonds is 4. The predicted octanol–water partition coefficient (Wildman–Crippen LogP) is 4.53. The summed E-state index contributed by atoms with van der Waals surface area (Å²) in [5.41, 5.74) is 2.05. The van der Waals surface area contributed by atoms with Gasteiger partial charge in [-0.1, -0.05) is 24.6 Å². The maximum Gasteiger partial charge on any atom is 0.316 e. The minimum atomic E-state index is -0.603. The van der Waals surface area contributed by atoms with E-state index in [-0.39, 0.29) is 42.5 Å². The van der Waals surface area contributed by atoms with Crippen molar-refractivity contribution in [1.29, 1.82) is 0 Å². The van der Waals surface area contributed by atoms with Crippen molar-refractivity contribution >= 4 is 46.7 Å². The molecule has 1 aliphatic carbocycles. The Hall–Kier alpha value is -3.19. The van der Waals surface area contributed by atoms with Gasteiger partial charge in [-0.15, -0.1) is 0 Å². The van der Waals surface area contributed by atoms with E-state index < -0.39 is 11.9 Å². The molecule has 0 N–H and O–H groups in total. The molecule has 3 amide bonds. The standard InChI is InChI=1S/C27H27ClN2O5/c1-15-3-10-21-22(11-15)26(33)30(25(21)32)18-6-8-20(9-7-18)35-27(34)17-12-24(31)29(14-17)19-5-4-16(2)23(28)13-19/h4-9,13,15,17,21-22H,3,10-12,14H2,1-2H3/t15-,17+,21+,22+/m0/s1. The Balaban J connectivity index is 1.24. The van der Waals surface area contributed by atoms with Crippen molar-refractivity contribution in [2.45, 2.75) is 39.5 Å². The number of amides is 3. The number of nitrogens with zero attached hydrogens (tertiary/aromatic N) is 2. The number of esters is 1. The third-order valence-corrected chi connectivity index (χ3v) is 7.83. The highest BCUT2D eigenvalue weighted by Crippen LogP contribution is 2.42. The van der Waals surface area contributed by atoms with E-state index in [1.807, 2.05) is 19.1 Å². The Morgan fingerprint density at radius 1 is 0.971 bits per heavy atom. The van der Waals surface area contributed by atoms with Crippen LogP contribution in [-0.2, 0) is 19.2 Å². The largest absolute Gasteiger partial charge is 0.426 e. The summed E-state index contributed by atoms with van der Waals surface area (Å²) in [4.78, 5) is 53.9. The Morgan fingerprint density at radius 2 is 1.66 bits per heavy atom. The lowest BCUT2D eigenvalue weighted by Gasteiger charge is -2.25. The van der Waals surface area contributed by atoms with Crippen LogP contribution in [0.25, 0.3) is 0 Å². The van der Waals surface area contributed by atoms with Crippen LogP contribution >= 0.6 is 11.6 Å². The van der Waals surface area contributed by atoms with E-state index in [9.17, 15) is 19.2 Å². The molecule has 0 bridgehead atoms. The number of anilines is 2. The number of imide groups is 1. The number of halogens is 1. The molecule has 1 saturated carbocycles. The monoisotopic (exact) mass is 494 g/mol. The number of aryl methyl sites for hydroxylation is 1. The first-order valence-corrected chi connectivity index (χ1v) is 12.4. The molecule has 3 aliphatic rings. The average Bonchev–Trinajstić information content (AvgIpc) is 3.34. The second-order valence-corrected chi connectivity index (χ2v) is 10.3. The summed E-state index contributed by atoms with van der Waals surface area (Å²) in [5, 5.41) is 0.560. The molecule has 7 nitrogen and oxygen atoms in total. The van der Waals surface area contributed by atoms with Gasteiger partial charge in [0, 0.05) is 23.7 Å². The summed E-state index contributed by atoms with van der Waals surface area (Å²) in [7, 11) is 0. The topological polar surface area (TPSA) is 84.0 Å². The van der Waals surface area contributed by atoms with Gasteiger partial charge in [0.25, 0.3) is 0 Å². The smallest absolute Gasteiger partial charge is 0.316 e. The number of hydrogen-bond acceptors (Lipinski definition) is 5. The van der Waals surface area contributed by atoms with Crippen molar-refractivity contribution in [3.8, 4) is 5.75 Å². The lowest BCUT2D eigenvalue weighted by Crippen LogP contribution is -2.30. The first kappa shape index (κ1) is 23.5. The number of carbonyl (C=O) groups is 4. The fraction of sp³-hybridized carbons (Fsp3) is 0.407. The highest BCUT2D eigenvalue weighted by Gasteiger charge is 2.50. The molecular weight excluding hydrogens is 468 g/mol. The van der Waals surface area contributed by atoms with Crippen LogP contribution in [-0.4, -0.2) is 30.2 Å². The van der Waals surface area contributed by atoms with E-state index in [0.29, 0.717) is 28.1 Å². The fourth-order valence-corrected chi connectivity index (χ4v) is 5.55. The molecule has 2 saturated heterocycles. The van der Waals surface area contributed by atoms with Crippen LogP contribution in [0.4, 0.5) is 11.4 Å². The summed E-state index contributed by atoms with van der Waals surface area (Å²) in [6.45, 7) is 4.21. The second kappa shape index (κ2) is 9.11. The zero-order chi connectivity index (χ0) is 24.9. The van der Waals surface area contributed by atoms with Crippen molar-refractivity contribution in [1.82, 2.24) is 0 Å². The maximum atomic E-state index is 12.9. The maximum absolute atomic E-state index is 12.9. The molecule has 2 aromatic rings. The average molecular weight is 495 g/mol. The molecule has 8 heteroatoms. The van der Waals surface area contributed by atoms with Gasteiger partial charge in [0.15, 0.2) is 0 Å². The van der Waals surface area contributed by atoms with Gasteiger partial charge in [-0.25, -0.2) is 0 Å². The van der Waals surface area contributed by atoms with Crippen LogP contribution in [0.15, 0.2) is 42.5 Å². The first-order valence-electron chi connectivity index (χ1n) is 12.0. The number of benzene rings is 2. The van der Waals surface area contributed by atoms with E-state index in [1.54, 1.807) is 35.2 Å². The number of carbonyl (C=O) groups excluding carboxylic acids is 4. The summed E-state index contributed by atoms with van der Waals surface area (Å²) in [6.07, 6.45) is 2.50. The molecule has 4 atom stereocenters. The highest BCUT2D eigenvalue weighted by molar-refractivity contribution is 6.31.